The third-order valence-corrected chi connectivity index (χ3v) is 2.85. The van der Waals surface area contributed by atoms with E-state index in [0.717, 1.165) is 21.8 Å². The average Bonchev–Trinajstić information content (AvgIpc) is 2.28. The number of benzene rings is 2. The van der Waals surface area contributed by atoms with E-state index in [1.165, 1.54) is 12.1 Å². The standard InChI is InChI=1S/C14H13ClFN/c1-10-7-12(15)6-5-11(10)9-17-14-4-2-3-13(16)8-14/h2-8,17H,9H2,1H3. The second kappa shape index (κ2) is 5.19. The molecular formula is C14H13ClFN. The van der Waals surface area contributed by atoms with Gasteiger partial charge in [0.15, 0.2) is 0 Å². The molecule has 0 fully saturated rings. The van der Waals surface area contributed by atoms with E-state index in [2.05, 4.69) is 5.32 Å². The van der Waals surface area contributed by atoms with Crippen molar-refractivity contribution in [2.75, 3.05) is 5.32 Å². The maximum absolute atomic E-state index is 13.0. The summed E-state index contributed by atoms with van der Waals surface area (Å²) in [6, 6.07) is 12.2. The largest absolute Gasteiger partial charge is 0.381 e. The molecule has 2 aromatic rings. The zero-order chi connectivity index (χ0) is 12.3. The van der Waals surface area contributed by atoms with E-state index in [1.54, 1.807) is 6.07 Å². The van der Waals surface area contributed by atoms with Crippen molar-refractivity contribution in [2.45, 2.75) is 13.5 Å². The van der Waals surface area contributed by atoms with Crippen LogP contribution < -0.4 is 5.32 Å². The van der Waals surface area contributed by atoms with Crippen LogP contribution in [0.4, 0.5) is 10.1 Å². The highest BCUT2D eigenvalue weighted by Crippen LogP contribution is 2.17. The maximum atomic E-state index is 13.0. The fraction of sp³-hybridized carbons (Fsp3) is 0.143. The average molecular weight is 250 g/mol. The minimum atomic E-state index is -0.233. The van der Waals surface area contributed by atoms with E-state index in [9.17, 15) is 4.39 Å². The van der Waals surface area contributed by atoms with Crippen LogP contribution in [0.5, 0.6) is 0 Å². The zero-order valence-corrected chi connectivity index (χ0v) is 10.3. The van der Waals surface area contributed by atoms with Gasteiger partial charge < -0.3 is 5.32 Å². The second-order valence-corrected chi connectivity index (χ2v) is 4.37. The molecule has 0 saturated heterocycles. The van der Waals surface area contributed by atoms with Gasteiger partial charge in [-0.25, -0.2) is 4.39 Å². The molecule has 0 radical (unpaired) electrons. The van der Waals surface area contributed by atoms with Gasteiger partial charge in [0.2, 0.25) is 0 Å². The molecule has 0 aliphatic rings. The minimum Gasteiger partial charge on any atom is -0.381 e. The van der Waals surface area contributed by atoms with Crippen molar-refractivity contribution in [3.63, 3.8) is 0 Å². The van der Waals surface area contributed by atoms with Crippen LogP contribution in [0.1, 0.15) is 11.1 Å². The van der Waals surface area contributed by atoms with E-state index >= 15 is 0 Å². The zero-order valence-electron chi connectivity index (χ0n) is 9.50. The van der Waals surface area contributed by atoms with E-state index in [1.807, 2.05) is 31.2 Å². The summed E-state index contributed by atoms with van der Waals surface area (Å²) in [5.74, 6) is -0.233. The van der Waals surface area contributed by atoms with Gasteiger partial charge in [0.1, 0.15) is 5.82 Å². The highest BCUT2D eigenvalue weighted by atomic mass is 35.5. The van der Waals surface area contributed by atoms with Gasteiger partial charge in [-0.3, -0.25) is 0 Å². The summed E-state index contributed by atoms with van der Waals surface area (Å²) in [6.07, 6.45) is 0. The first-order chi connectivity index (χ1) is 8.15. The Hall–Kier alpha value is -1.54. The molecule has 17 heavy (non-hydrogen) atoms. The van der Waals surface area contributed by atoms with Crippen molar-refractivity contribution < 1.29 is 4.39 Å². The molecule has 0 unspecified atom stereocenters. The van der Waals surface area contributed by atoms with Crippen molar-refractivity contribution in [1.29, 1.82) is 0 Å². The molecule has 2 rings (SSSR count). The van der Waals surface area contributed by atoms with Crippen LogP contribution in [0.2, 0.25) is 5.02 Å². The van der Waals surface area contributed by atoms with Gasteiger partial charge >= 0.3 is 0 Å². The number of hydrogen-bond donors (Lipinski definition) is 1. The lowest BCUT2D eigenvalue weighted by Gasteiger charge is -2.09. The first kappa shape index (κ1) is 11.9. The van der Waals surface area contributed by atoms with Crippen LogP contribution in [-0.2, 0) is 6.54 Å². The number of anilines is 1. The number of halogens is 2. The highest BCUT2D eigenvalue weighted by molar-refractivity contribution is 6.30. The van der Waals surface area contributed by atoms with Gasteiger partial charge in [-0.1, -0.05) is 23.7 Å². The molecule has 0 saturated carbocycles. The molecule has 3 heteroatoms. The Balaban J connectivity index is 2.07. The molecule has 0 aliphatic carbocycles. The van der Waals surface area contributed by atoms with Crippen LogP contribution in [0, 0.1) is 12.7 Å². The van der Waals surface area contributed by atoms with Crippen molar-refractivity contribution in [3.8, 4) is 0 Å². The summed E-state index contributed by atoms with van der Waals surface area (Å²) >= 11 is 5.88. The molecule has 0 amide bonds. The third kappa shape index (κ3) is 3.21. The van der Waals surface area contributed by atoms with E-state index in [4.69, 9.17) is 11.6 Å². The van der Waals surface area contributed by atoms with Gasteiger partial charge in [-0.15, -0.1) is 0 Å². The number of rotatable bonds is 3. The van der Waals surface area contributed by atoms with Crippen molar-refractivity contribution >= 4 is 17.3 Å². The van der Waals surface area contributed by atoms with Gasteiger partial charge in [0.25, 0.3) is 0 Å². The fourth-order valence-electron chi connectivity index (χ4n) is 1.65. The van der Waals surface area contributed by atoms with Crippen LogP contribution in [0.3, 0.4) is 0 Å². The van der Waals surface area contributed by atoms with Gasteiger partial charge in [-0.05, 0) is 48.4 Å². The van der Waals surface area contributed by atoms with Crippen LogP contribution in [-0.4, -0.2) is 0 Å². The molecule has 2 aromatic carbocycles. The van der Waals surface area contributed by atoms with Crippen LogP contribution in [0.15, 0.2) is 42.5 Å². The molecule has 0 atom stereocenters. The topological polar surface area (TPSA) is 12.0 Å². The number of nitrogens with one attached hydrogen (secondary N) is 1. The summed E-state index contributed by atoms with van der Waals surface area (Å²) in [6.45, 7) is 2.67. The van der Waals surface area contributed by atoms with Crippen LogP contribution >= 0.6 is 11.6 Å². The Labute approximate surface area is 105 Å². The predicted molar refractivity (Wildman–Crippen MR) is 69.9 cm³/mol. The van der Waals surface area contributed by atoms with Gasteiger partial charge in [-0.2, -0.15) is 0 Å². The third-order valence-electron chi connectivity index (χ3n) is 2.61. The first-order valence-electron chi connectivity index (χ1n) is 5.39. The van der Waals surface area contributed by atoms with Crippen molar-refractivity contribution in [3.05, 3.63) is 64.4 Å². The quantitative estimate of drug-likeness (QED) is 0.850. The second-order valence-electron chi connectivity index (χ2n) is 3.93. The Morgan fingerprint density at radius 2 is 2.00 bits per heavy atom. The summed E-state index contributed by atoms with van der Waals surface area (Å²) in [7, 11) is 0. The molecular weight excluding hydrogens is 237 g/mol. The number of aryl methyl sites for hydroxylation is 1. The summed E-state index contributed by atoms with van der Waals surface area (Å²) in [5.41, 5.74) is 3.06. The van der Waals surface area contributed by atoms with Gasteiger partial charge in [0.05, 0.1) is 0 Å². The normalized spacial score (nSPS) is 10.3. The molecule has 1 N–H and O–H groups in total. The Bertz CT molecular complexity index is 525. The fourth-order valence-corrected chi connectivity index (χ4v) is 1.88. The lowest BCUT2D eigenvalue weighted by Crippen LogP contribution is -2.01. The van der Waals surface area contributed by atoms with Crippen molar-refractivity contribution in [2.24, 2.45) is 0 Å². The summed E-state index contributed by atoms with van der Waals surface area (Å²) in [5, 5.41) is 3.91. The van der Waals surface area contributed by atoms with E-state index in [0.29, 0.717) is 6.54 Å². The highest BCUT2D eigenvalue weighted by Gasteiger charge is 2.00. The molecule has 0 bridgehead atoms. The molecule has 88 valence electrons. The van der Waals surface area contributed by atoms with Crippen molar-refractivity contribution in [1.82, 2.24) is 0 Å². The Morgan fingerprint density at radius 1 is 1.18 bits per heavy atom. The van der Waals surface area contributed by atoms with E-state index < -0.39 is 0 Å². The van der Waals surface area contributed by atoms with Gasteiger partial charge in [0, 0.05) is 17.3 Å². The lowest BCUT2D eigenvalue weighted by atomic mass is 10.1. The smallest absolute Gasteiger partial charge is 0.125 e. The summed E-state index contributed by atoms with van der Waals surface area (Å²) in [4.78, 5) is 0. The summed E-state index contributed by atoms with van der Waals surface area (Å²) < 4.78 is 13.0. The molecule has 0 heterocycles. The number of hydrogen-bond acceptors (Lipinski definition) is 1. The monoisotopic (exact) mass is 249 g/mol. The maximum Gasteiger partial charge on any atom is 0.125 e. The molecule has 0 spiro atoms. The first-order valence-corrected chi connectivity index (χ1v) is 5.77. The van der Waals surface area contributed by atoms with Crippen LogP contribution in [0.25, 0.3) is 0 Å². The van der Waals surface area contributed by atoms with E-state index in [-0.39, 0.29) is 5.82 Å². The molecule has 0 aliphatic heterocycles. The molecule has 0 aromatic heterocycles. The Kier molecular flexibility index (Phi) is 3.64. The predicted octanol–water partition coefficient (Wildman–Crippen LogP) is 4.40. The Morgan fingerprint density at radius 3 is 2.71 bits per heavy atom. The minimum absolute atomic E-state index is 0.233. The SMILES string of the molecule is Cc1cc(Cl)ccc1CNc1cccc(F)c1. The molecule has 1 nitrogen and oxygen atoms in total. The lowest BCUT2D eigenvalue weighted by molar-refractivity contribution is 0.628.